The van der Waals surface area contributed by atoms with E-state index in [2.05, 4.69) is 14.6 Å². The maximum atomic E-state index is 13.6. The molecule has 0 atom stereocenters. The van der Waals surface area contributed by atoms with Crippen molar-refractivity contribution in [3.8, 4) is 0 Å². The molecule has 0 amide bonds. The van der Waals surface area contributed by atoms with Crippen LogP contribution < -0.4 is 14.5 Å². The highest BCUT2D eigenvalue weighted by molar-refractivity contribution is 7.92. The van der Waals surface area contributed by atoms with Crippen molar-refractivity contribution in [1.29, 1.82) is 0 Å². The van der Waals surface area contributed by atoms with Crippen LogP contribution >= 0.6 is 0 Å². The van der Waals surface area contributed by atoms with E-state index in [0.29, 0.717) is 31.9 Å². The quantitative estimate of drug-likeness (QED) is 0.588. The summed E-state index contributed by atoms with van der Waals surface area (Å²) in [5.74, 6) is -0.999. The van der Waals surface area contributed by atoms with Crippen molar-refractivity contribution in [1.82, 2.24) is 4.98 Å². The van der Waals surface area contributed by atoms with Gasteiger partial charge in [-0.05, 0) is 48.5 Å². The third-order valence-corrected chi connectivity index (χ3v) is 6.55. The number of halogens is 1. The molecule has 4 rings (SSSR count). The normalized spacial score (nSPS) is 14.3. The molecule has 0 spiro atoms. The van der Waals surface area contributed by atoms with Gasteiger partial charge in [0.2, 0.25) is 0 Å². The minimum atomic E-state index is -4.12. The third kappa shape index (κ3) is 4.65. The Hall–Kier alpha value is -3.66. The van der Waals surface area contributed by atoms with Crippen molar-refractivity contribution in [2.75, 3.05) is 40.7 Å². The first kappa shape index (κ1) is 21.6. The largest absolute Gasteiger partial charge is 0.478 e. The van der Waals surface area contributed by atoms with Gasteiger partial charge in [0, 0.05) is 32.4 Å². The van der Waals surface area contributed by atoms with E-state index in [1.165, 1.54) is 24.3 Å². The van der Waals surface area contributed by atoms with Crippen LogP contribution in [0.1, 0.15) is 10.4 Å². The number of aromatic nitrogens is 1. The Kier molecular flexibility index (Phi) is 5.95. The van der Waals surface area contributed by atoms with E-state index < -0.39 is 21.8 Å². The van der Waals surface area contributed by atoms with Crippen LogP contribution in [0.3, 0.4) is 0 Å². The Bertz CT molecular complexity index is 1230. The SMILES string of the molecule is O=C(O)c1ccc(N2CCN(c3ccccn3)CC2)c(NS(=O)(=O)c2cccc(F)c2)c1. The number of pyridine rings is 1. The number of anilines is 3. The van der Waals surface area contributed by atoms with Crippen LogP contribution in [0.2, 0.25) is 0 Å². The predicted molar refractivity (Wildman–Crippen MR) is 119 cm³/mol. The lowest BCUT2D eigenvalue weighted by Gasteiger charge is -2.37. The first-order valence-electron chi connectivity index (χ1n) is 9.90. The van der Waals surface area contributed by atoms with Gasteiger partial charge in [0.1, 0.15) is 11.6 Å². The van der Waals surface area contributed by atoms with Crippen molar-refractivity contribution >= 4 is 33.2 Å². The van der Waals surface area contributed by atoms with Crippen LogP contribution in [-0.2, 0) is 10.0 Å². The first-order valence-corrected chi connectivity index (χ1v) is 11.4. The number of nitrogens with one attached hydrogen (secondary N) is 1. The Morgan fingerprint density at radius 2 is 1.72 bits per heavy atom. The zero-order chi connectivity index (χ0) is 22.7. The molecule has 2 heterocycles. The smallest absolute Gasteiger partial charge is 0.335 e. The van der Waals surface area contributed by atoms with Crippen LogP contribution in [0.5, 0.6) is 0 Å². The van der Waals surface area contributed by atoms with Crippen molar-refractivity contribution in [2.24, 2.45) is 0 Å². The molecule has 3 aromatic rings. The average molecular weight is 456 g/mol. The maximum absolute atomic E-state index is 13.6. The molecule has 0 aliphatic carbocycles. The number of hydrogen-bond donors (Lipinski definition) is 2. The summed E-state index contributed by atoms with van der Waals surface area (Å²) in [7, 11) is -4.12. The molecule has 0 saturated carbocycles. The zero-order valence-corrected chi connectivity index (χ0v) is 17.8. The fourth-order valence-corrected chi connectivity index (χ4v) is 4.68. The Balaban J connectivity index is 1.61. The highest BCUT2D eigenvalue weighted by atomic mass is 32.2. The lowest BCUT2D eigenvalue weighted by Crippen LogP contribution is -2.47. The summed E-state index contributed by atoms with van der Waals surface area (Å²) in [6, 6.07) is 14.6. The van der Waals surface area contributed by atoms with Gasteiger partial charge in [0.25, 0.3) is 10.0 Å². The van der Waals surface area contributed by atoms with E-state index in [0.717, 1.165) is 18.0 Å². The van der Waals surface area contributed by atoms with Crippen molar-refractivity contribution in [3.63, 3.8) is 0 Å². The summed E-state index contributed by atoms with van der Waals surface area (Å²) in [5.41, 5.74) is 0.619. The van der Waals surface area contributed by atoms with Crippen molar-refractivity contribution in [2.45, 2.75) is 4.90 Å². The minimum Gasteiger partial charge on any atom is -0.478 e. The van der Waals surface area contributed by atoms with Crippen molar-refractivity contribution in [3.05, 3.63) is 78.2 Å². The molecule has 1 aliphatic heterocycles. The molecule has 1 aliphatic rings. The summed E-state index contributed by atoms with van der Waals surface area (Å²) in [4.78, 5) is 19.7. The van der Waals surface area contributed by atoms with Gasteiger partial charge in [-0.1, -0.05) is 12.1 Å². The first-order chi connectivity index (χ1) is 15.3. The van der Waals surface area contributed by atoms with Crippen LogP contribution in [-0.4, -0.2) is 50.7 Å². The summed E-state index contributed by atoms with van der Waals surface area (Å²) in [5, 5.41) is 9.37. The molecule has 1 fully saturated rings. The molecule has 0 unspecified atom stereocenters. The van der Waals surface area contributed by atoms with Gasteiger partial charge >= 0.3 is 5.97 Å². The number of hydrogen-bond acceptors (Lipinski definition) is 6. The molecule has 1 aromatic heterocycles. The number of piperazine rings is 1. The van der Waals surface area contributed by atoms with Crippen LogP contribution in [0.25, 0.3) is 0 Å². The molecule has 0 radical (unpaired) electrons. The van der Waals surface area contributed by atoms with Gasteiger partial charge in [-0.25, -0.2) is 22.6 Å². The van der Waals surface area contributed by atoms with E-state index in [1.54, 1.807) is 12.3 Å². The summed E-state index contributed by atoms with van der Waals surface area (Å²) in [6.07, 6.45) is 1.73. The average Bonchev–Trinajstić information content (AvgIpc) is 2.79. The van der Waals surface area contributed by atoms with E-state index in [9.17, 15) is 22.7 Å². The second-order valence-electron chi connectivity index (χ2n) is 7.26. The van der Waals surface area contributed by atoms with E-state index in [-0.39, 0.29) is 16.1 Å². The van der Waals surface area contributed by atoms with Gasteiger partial charge in [0.15, 0.2) is 0 Å². The lowest BCUT2D eigenvalue weighted by atomic mass is 10.1. The van der Waals surface area contributed by atoms with Gasteiger partial charge < -0.3 is 14.9 Å². The molecular formula is C22H21FN4O4S. The number of aromatic carboxylic acids is 1. The number of carbonyl (C=O) groups is 1. The van der Waals surface area contributed by atoms with Crippen LogP contribution in [0.4, 0.5) is 21.6 Å². The third-order valence-electron chi connectivity index (χ3n) is 5.19. The molecule has 8 nitrogen and oxygen atoms in total. The van der Waals surface area contributed by atoms with E-state index in [1.807, 2.05) is 23.1 Å². The van der Waals surface area contributed by atoms with Gasteiger partial charge in [0.05, 0.1) is 21.8 Å². The number of sulfonamides is 1. The highest BCUT2D eigenvalue weighted by Gasteiger charge is 2.24. The second kappa shape index (κ2) is 8.83. The number of nitrogens with zero attached hydrogens (tertiary/aromatic N) is 3. The monoisotopic (exact) mass is 456 g/mol. The fraction of sp³-hybridized carbons (Fsp3) is 0.182. The Morgan fingerprint density at radius 3 is 2.38 bits per heavy atom. The highest BCUT2D eigenvalue weighted by Crippen LogP contribution is 2.31. The predicted octanol–water partition coefficient (Wildman–Crippen LogP) is 3.05. The van der Waals surface area contributed by atoms with Gasteiger partial charge in [-0.2, -0.15) is 0 Å². The number of rotatable bonds is 6. The molecule has 2 aromatic carbocycles. The molecule has 0 bridgehead atoms. The molecule has 1 saturated heterocycles. The Labute approximate surface area is 185 Å². The summed E-state index contributed by atoms with van der Waals surface area (Å²) in [6.45, 7) is 2.48. The summed E-state index contributed by atoms with van der Waals surface area (Å²) < 4.78 is 41.7. The molecule has 32 heavy (non-hydrogen) atoms. The molecular weight excluding hydrogens is 435 g/mol. The lowest BCUT2D eigenvalue weighted by molar-refractivity contribution is 0.0697. The minimum absolute atomic E-state index is 0.0576. The van der Waals surface area contributed by atoms with Crippen LogP contribution in [0.15, 0.2) is 71.8 Å². The molecule has 166 valence electrons. The summed E-state index contributed by atoms with van der Waals surface area (Å²) >= 11 is 0. The van der Waals surface area contributed by atoms with E-state index >= 15 is 0 Å². The Morgan fingerprint density at radius 1 is 0.969 bits per heavy atom. The fourth-order valence-electron chi connectivity index (χ4n) is 3.58. The number of carboxylic acids is 1. The maximum Gasteiger partial charge on any atom is 0.335 e. The molecule has 2 N–H and O–H groups in total. The van der Waals surface area contributed by atoms with Crippen LogP contribution in [0, 0.1) is 5.82 Å². The van der Waals surface area contributed by atoms with E-state index in [4.69, 9.17) is 0 Å². The van der Waals surface area contributed by atoms with Gasteiger partial charge in [-0.3, -0.25) is 4.72 Å². The second-order valence-corrected chi connectivity index (χ2v) is 8.94. The molecule has 10 heteroatoms. The van der Waals surface area contributed by atoms with Gasteiger partial charge in [-0.15, -0.1) is 0 Å². The number of benzene rings is 2. The number of carboxylic acid groups (broad SMARTS) is 1. The topological polar surface area (TPSA) is 103 Å². The standard InChI is InChI=1S/C22H21FN4O4S/c23-17-4-3-5-18(15-17)32(30,31)25-19-14-16(22(28)29)7-8-20(19)26-10-12-27(13-11-26)21-6-1-2-9-24-21/h1-9,14-15,25H,10-13H2,(H,28,29). The van der Waals surface area contributed by atoms with Crippen molar-refractivity contribution < 1.29 is 22.7 Å². The zero-order valence-electron chi connectivity index (χ0n) is 17.0.